The Morgan fingerprint density at radius 1 is 1.07 bits per heavy atom. The van der Waals surface area contributed by atoms with Crippen LogP contribution in [0.25, 0.3) is 5.69 Å². The van der Waals surface area contributed by atoms with Gasteiger partial charge in [0.25, 0.3) is 0 Å². The third kappa shape index (κ3) is 4.30. The summed E-state index contributed by atoms with van der Waals surface area (Å²) >= 11 is 6.71. The topological polar surface area (TPSA) is 51.8 Å². The Kier molecular flexibility index (Phi) is 5.97. The van der Waals surface area contributed by atoms with Crippen LogP contribution in [0.5, 0.6) is 0 Å². The highest BCUT2D eigenvalue weighted by atomic mass is 35.5. The molecule has 0 radical (unpaired) electrons. The van der Waals surface area contributed by atoms with Crippen LogP contribution in [0.15, 0.2) is 67.3 Å². The van der Waals surface area contributed by atoms with Gasteiger partial charge in [-0.2, -0.15) is 10.2 Å². The first-order chi connectivity index (χ1) is 14.5. The molecule has 0 saturated heterocycles. The molecular weight excluding hydrogens is 396 g/mol. The highest BCUT2D eigenvalue weighted by Crippen LogP contribution is 2.27. The lowest BCUT2D eigenvalue weighted by atomic mass is 10.1. The molecule has 0 bridgehead atoms. The molecule has 0 aliphatic heterocycles. The lowest BCUT2D eigenvalue weighted by Crippen LogP contribution is -2.22. The number of hydrogen-bond donors (Lipinski definition) is 0. The fraction of sp³-hybridized carbons (Fsp3) is 0.261. The molecule has 0 unspecified atom stereocenters. The van der Waals surface area contributed by atoms with Gasteiger partial charge in [0.15, 0.2) is 0 Å². The molecule has 2 heterocycles. The van der Waals surface area contributed by atoms with E-state index in [1.807, 2.05) is 29.8 Å². The van der Waals surface area contributed by atoms with Crippen LogP contribution >= 0.6 is 11.6 Å². The van der Waals surface area contributed by atoms with Gasteiger partial charge in [-0.1, -0.05) is 54.1 Å². The Bertz CT molecular complexity index is 1090. The maximum atomic E-state index is 6.71. The molecule has 0 aliphatic rings. The summed E-state index contributed by atoms with van der Waals surface area (Å²) in [5.74, 6) is 0. The Morgan fingerprint density at radius 3 is 2.47 bits per heavy atom. The van der Waals surface area contributed by atoms with Crippen molar-refractivity contribution >= 4 is 11.6 Å². The summed E-state index contributed by atoms with van der Waals surface area (Å²) in [5, 5.41) is 9.55. The van der Waals surface area contributed by atoms with Crippen LogP contribution in [0.1, 0.15) is 35.3 Å². The summed E-state index contributed by atoms with van der Waals surface area (Å²) in [6.45, 7) is 5.62. The number of benzene rings is 2. The van der Waals surface area contributed by atoms with Crippen molar-refractivity contribution in [3.63, 3.8) is 0 Å². The maximum absolute atomic E-state index is 6.71. The summed E-state index contributed by atoms with van der Waals surface area (Å²) in [6, 6.07) is 18.9. The summed E-state index contributed by atoms with van der Waals surface area (Å²) in [4.78, 5) is 6.28. The molecule has 4 aromatic rings. The average molecular weight is 421 g/mol. The Labute approximate surface area is 181 Å². The van der Waals surface area contributed by atoms with Crippen molar-refractivity contribution in [3.05, 3.63) is 94.8 Å². The molecule has 0 spiro atoms. The fourth-order valence-corrected chi connectivity index (χ4v) is 3.81. The van der Waals surface area contributed by atoms with E-state index in [9.17, 15) is 0 Å². The Hall–Kier alpha value is -2.96. The molecule has 2 aromatic heterocycles. The van der Waals surface area contributed by atoms with E-state index in [4.69, 9.17) is 11.6 Å². The van der Waals surface area contributed by atoms with Crippen molar-refractivity contribution in [2.24, 2.45) is 0 Å². The van der Waals surface area contributed by atoms with Crippen molar-refractivity contribution in [2.75, 3.05) is 7.05 Å². The summed E-state index contributed by atoms with van der Waals surface area (Å²) < 4.78 is 3.63. The van der Waals surface area contributed by atoms with E-state index in [-0.39, 0.29) is 6.04 Å². The molecule has 0 amide bonds. The molecule has 154 valence electrons. The van der Waals surface area contributed by atoms with E-state index < -0.39 is 0 Å². The number of aryl methyl sites for hydroxylation is 1. The highest BCUT2D eigenvalue weighted by Gasteiger charge is 2.19. The molecular formula is C23H25ClN6. The zero-order valence-electron chi connectivity index (χ0n) is 17.4. The van der Waals surface area contributed by atoms with Gasteiger partial charge in [0.05, 0.1) is 17.9 Å². The molecule has 7 heteroatoms. The Balaban J connectivity index is 1.47. The van der Waals surface area contributed by atoms with Gasteiger partial charge in [0, 0.05) is 18.2 Å². The van der Waals surface area contributed by atoms with Crippen molar-refractivity contribution < 1.29 is 0 Å². The van der Waals surface area contributed by atoms with Crippen LogP contribution < -0.4 is 0 Å². The predicted octanol–water partition coefficient (Wildman–Crippen LogP) is 4.67. The fourth-order valence-electron chi connectivity index (χ4n) is 3.52. The van der Waals surface area contributed by atoms with E-state index in [0.717, 1.165) is 23.5 Å². The molecule has 4 rings (SSSR count). The summed E-state index contributed by atoms with van der Waals surface area (Å²) in [7, 11) is 2.11. The van der Waals surface area contributed by atoms with Gasteiger partial charge in [0.1, 0.15) is 17.8 Å². The molecule has 0 N–H and O–H groups in total. The highest BCUT2D eigenvalue weighted by molar-refractivity contribution is 6.30. The second-order valence-electron chi connectivity index (χ2n) is 7.52. The zero-order valence-corrected chi connectivity index (χ0v) is 18.2. The molecule has 0 aliphatic carbocycles. The van der Waals surface area contributed by atoms with Crippen molar-refractivity contribution in [1.82, 2.24) is 29.4 Å². The van der Waals surface area contributed by atoms with E-state index in [1.54, 1.807) is 11.0 Å². The van der Waals surface area contributed by atoms with Crippen LogP contribution in [-0.4, -0.2) is 36.5 Å². The zero-order chi connectivity index (χ0) is 21.1. The summed E-state index contributed by atoms with van der Waals surface area (Å²) in [6.07, 6.45) is 3.23. The number of halogens is 1. The number of hydrogen-bond acceptors (Lipinski definition) is 4. The minimum Gasteiger partial charge on any atom is -0.295 e. The lowest BCUT2D eigenvalue weighted by molar-refractivity contribution is 0.252. The van der Waals surface area contributed by atoms with E-state index in [2.05, 4.69) is 70.5 Å². The van der Waals surface area contributed by atoms with Gasteiger partial charge in [-0.25, -0.2) is 14.3 Å². The van der Waals surface area contributed by atoms with Gasteiger partial charge in [-0.3, -0.25) is 4.90 Å². The first kappa shape index (κ1) is 20.3. The first-order valence-electron chi connectivity index (χ1n) is 9.94. The van der Waals surface area contributed by atoms with E-state index in [1.165, 1.54) is 17.5 Å². The van der Waals surface area contributed by atoms with Crippen molar-refractivity contribution in [1.29, 1.82) is 0 Å². The first-order valence-corrected chi connectivity index (χ1v) is 10.3. The largest absolute Gasteiger partial charge is 0.295 e. The summed E-state index contributed by atoms with van der Waals surface area (Å²) in [5.41, 5.74) is 5.44. The Morgan fingerprint density at radius 2 is 1.80 bits per heavy atom. The number of aromatic nitrogens is 5. The maximum Gasteiger partial charge on any atom is 0.138 e. The minimum absolute atomic E-state index is 0.225. The normalized spacial score (nSPS) is 12.4. The third-order valence-corrected chi connectivity index (χ3v) is 5.91. The standard InChI is InChI=1S/C23H25ClN6/c1-17-22(23(24)29(27-17)13-19-7-5-4-6-8-19)14-28(3)18(2)20-9-11-21(12-10-20)30-16-25-15-26-30/h4-12,15-16,18H,13-14H2,1-3H3/t18-/m1/s1. The quantitative estimate of drug-likeness (QED) is 0.436. The molecule has 1 atom stereocenters. The molecule has 30 heavy (non-hydrogen) atoms. The van der Waals surface area contributed by atoms with Gasteiger partial charge in [-0.05, 0) is 44.2 Å². The van der Waals surface area contributed by atoms with Gasteiger partial charge in [-0.15, -0.1) is 0 Å². The van der Waals surface area contributed by atoms with Crippen LogP contribution in [0.3, 0.4) is 0 Å². The monoisotopic (exact) mass is 420 g/mol. The predicted molar refractivity (Wildman–Crippen MR) is 119 cm³/mol. The SMILES string of the molecule is Cc1nn(Cc2ccccc2)c(Cl)c1CN(C)[C@H](C)c1ccc(-n2cncn2)cc1. The second-order valence-corrected chi connectivity index (χ2v) is 7.88. The lowest BCUT2D eigenvalue weighted by Gasteiger charge is -2.25. The van der Waals surface area contributed by atoms with Crippen molar-refractivity contribution in [2.45, 2.75) is 33.0 Å². The molecule has 0 saturated carbocycles. The van der Waals surface area contributed by atoms with E-state index in [0.29, 0.717) is 11.7 Å². The van der Waals surface area contributed by atoms with Gasteiger partial charge in [0.2, 0.25) is 0 Å². The smallest absolute Gasteiger partial charge is 0.138 e. The van der Waals surface area contributed by atoms with Crippen LogP contribution in [0.4, 0.5) is 0 Å². The van der Waals surface area contributed by atoms with Crippen LogP contribution in [-0.2, 0) is 13.1 Å². The molecule has 6 nitrogen and oxygen atoms in total. The van der Waals surface area contributed by atoms with E-state index >= 15 is 0 Å². The molecule has 0 fully saturated rings. The number of nitrogens with zero attached hydrogens (tertiary/aromatic N) is 6. The third-order valence-electron chi connectivity index (χ3n) is 5.49. The average Bonchev–Trinajstić information content (AvgIpc) is 3.39. The second kappa shape index (κ2) is 8.81. The molecule has 2 aromatic carbocycles. The van der Waals surface area contributed by atoms with Crippen molar-refractivity contribution in [3.8, 4) is 5.69 Å². The minimum atomic E-state index is 0.225. The van der Waals surface area contributed by atoms with Crippen LogP contribution in [0.2, 0.25) is 5.15 Å². The van der Waals surface area contributed by atoms with Crippen LogP contribution in [0, 0.1) is 6.92 Å². The number of rotatable bonds is 7. The van der Waals surface area contributed by atoms with Gasteiger partial charge < -0.3 is 0 Å². The van der Waals surface area contributed by atoms with Gasteiger partial charge >= 0.3 is 0 Å².